The molecule has 1 amide bonds. The van der Waals surface area contributed by atoms with Gasteiger partial charge in [0.05, 0.1) is 18.0 Å². The summed E-state index contributed by atoms with van der Waals surface area (Å²) in [6.07, 6.45) is 0.981. The number of piperazine rings is 1. The first-order valence-corrected chi connectivity index (χ1v) is 12.3. The fourth-order valence-corrected chi connectivity index (χ4v) is 5.97. The monoisotopic (exact) mass is 456 g/mol. The van der Waals surface area contributed by atoms with Crippen LogP contribution in [0.25, 0.3) is 10.2 Å². The van der Waals surface area contributed by atoms with Gasteiger partial charge in [0.25, 0.3) is 0 Å². The Kier molecular flexibility index (Phi) is 6.67. The van der Waals surface area contributed by atoms with E-state index < -0.39 is 0 Å². The van der Waals surface area contributed by atoms with Crippen LogP contribution in [0.1, 0.15) is 24.5 Å². The number of hydrogen-bond donors (Lipinski definition) is 0. The van der Waals surface area contributed by atoms with E-state index in [4.69, 9.17) is 4.74 Å². The summed E-state index contributed by atoms with van der Waals surface area (Å²) < 4.78 is 5.50. The molecule has 1 aliphatic rings. The van der Waals surface area contributed by atoms with Gasteiger partial charge in [0.1, 0.15) is 21.4 Å². The van der Waals surface area contributed by atoms with Crippen LogP contribution in [-0.4, -0.2) is 59.3 Å². The van der Waals surface area contributed by atoms with Crippen molar-refractivity contribution < 1.29 is 9.53 Å². The van der Waals surface area contributed by atoms with E-state index >= 15 is 0 Å². The molecule has 0 bridgehead atoms. The lowest BCUT2D eigenvalue weighted by molar-refractivity contribution is -0.130. The molecule has 1 aromatic carbocycles. The lowest BCUT2D eigenvalue weighted by atomic mass is 10.2. The number of nitrogens with zero attached hydrogens (tertiary/aromatic N) is 4. The standard InChI is InChI=1S/C23H28N4O2S2/c1-5-17-14-18-21(24-16(3)25-22(18)31-17)30-15(2)23(28)27-12-10-26(11-13-27)19-8-6-7-9-20(19)29-4/h6-9,14-15H,5,10-13H2,1-4H3. The maximum atomic E-state index is 13.2. The van der Waals surface area contributed by atoms with Crippen LogP contribution in [0.3, 0.4) is 0 Å². The minimum Gasteiger partial charge on any atom is -0.495 e. The van der Waals surface area contributed by atoms with E-state index in [-0.39, 0.29) is 11.2 Å². The predicted octanol–water partition coefficient (Wildman–Crippen LogP) is 4.40. The van der Waals surface area contributed by atoms with Gasteiger partial charge >= 0.3 is 0 Å². The number of amides is 1. The van der Waals surface area contributed by atoms with E-state index in [2.05, 4.69) is 33.9 Å². The molecular weight excluding hydrogens is 428 g/mol. The average Bonchev–Trinajstić information content (AvgIpc) is 3.22. The van der Waals surface area contributed by atoms with Crippen LogP contribution in [0, 0.1) is 6.92 Å². The van der Waals surface area contributed by atoms with E-state index in [1.54, 1.807) is 30.2 Å². The number of aryl methyl sites for hydroxylation is 2. The summed E-state index contributed by atoms with van der Waals surface area (Å²) in [5, 5.41) is 1.78. The minimum atomic E-state index is -0.194. The fourth-order valence-electron chi connectivity index (χ4n) is 3.84. The zero-order valence-corrected chi connectivity index (χ0v) is 20.1. The van der Waals surface area contributed by atoms with Crippen molar-refractivity contribution in [3.63, 3.8) is 0 Å². The number of thioether (sulfide) groups is 1. The third-order valence-corrected chi connectivity index (χ3v) is 7.79. The molecule has 3 heterocycles. The molecule has 8 heteroatoms. The van der Waals surface area contributed by atoms with Crippen molar-refractivity contribution >= 4 is 44.9 Å². The number of hydrogen-bond acceptors (Lipinski definition) is 7. The van der Waals surface area contributed by atoms with E-state index in [1.165, 1.54) is 4.88 Å². The van der Waals surface area contributed by atoms with E-state index in [0.717, 1.165) is 52.0 Å². The molecule has 1 fully saturated rings. The summed E-state index contributed by atoms with van der Waals surface area (Å²) in [4.78, 5) is 29.0. The number of rotatable bonds is 6. The van der Waals surface area contributed by atoms with Crippen molar-refractivity contribution in [2.24, 2.45) is 0 Å². The first-order valence-electron chi connectivity index (χ1n) is 10.6. The minimum absolute atomic E-state index is 0.167. The third kappa shape index (κ3) is 4.65. The van der Waals surface area contributed by atoms with Crippen LogP contribution >= 0.6 is 23.1 Å². The molecule has 0 N–H and O–H groups in total. The summed E-state index contributed by atoms with van der Waals surface area (Å²) in [5.74, 6) is 1.79. The van der Waals surface area contributed by atoms with Crippen molar-refractivity contribution in [3.05, 3.63) is 41.0 Å². The van der Waals surface area contributed by atoms with E-state index in [9.17, 15) is 4.79 Å². The Morgan fingerprint density at radius 3 is 2.68 bits per heavy atom. The molecule has 1 saturated heterocycles. The van der Waals surface area contributed by atoms with Crippen LogP contribution in [0.4, 0.5) is 5.69 Å². The van der Waals surface area contributed by atoms with Crippen LogP contribution in [-0.2, 0) is 11.2 Å². The van der Waals surface area contributed by atoms with E-state index in [1.807, 2.05) is 36.9 Å². The molecule has 4 rings (SSSR count). The Morgan fingerprint density at radius 1 is 1.23 bits per heavy atom. The second-order valence-electron chi connectivity index (χ2n) is 7.61. The first-order chi connectivity index (χ1) is 15.0. The quantitative estimate of drug-likeness (QED) is 0.405. The highest BCUT2D eigenvalue weighted by molar-refractivity contribution is 8.00. The van der Waals surface area contributed by atoms with Crippen LogP contribution < -0.4 is 9.64 Å². The Labute approximate surface area is 191 Å². The Morgan fingerprint density at radius 2 is 1.97 bits per heavy atom. The molecule has 2 aromatic heterocycles. The van der Waals surface area contributed by atoms with Crippen molar-refractivity contribution in [1.82, 2.24) is 14.9 Å². The lowest BCUT2D eigenvalue weighted by Crippen LogP contribution is -2.50. The molecule has 0 aliphatic carbocycles. The number of benzene rings is 1. The number of fused-ring (bicyclic) bond motifs is 1. The second kappa shape index (κ2) is 9.44. The van der Waals surface area contributed by atoms with Gasteiger partial charge in [-0.2, -0.15) is 0 Å². The Hall–Kier alpha value is -2.32. The molecule has 1 aliphatic heterocycles. The number of methoxy groups -OCH3 is 1. The zero-order valence-electron chi connectivity index (χ0n) is 18.4. The van der Waals surface area contributed by atoms with Crippen molar-refractivity contribution in [3.8, 4) is 5.75 Å². The van der Waals surface area contributed by atoms with Crippen LogP contribution in [0.15, 0.2) is 35.4 Å². The largest absolute Gasteiger partial charge is 0.495 e. The fraction of sp³-hybridized carbons (Fsp3) is 0.435. The first kappa shape index (κ1) is 21.9. The van der Waals surface area contributed by atoms with Crippen molar-refractivity contribution in [2.45, 2.75) is 37.5 Å². The highest BCUT2D eigenvalue weighted by Gasteiger charge is 2.27. The summed E-state index contributed by atoms with van der Waals surface area (Å²) in [6.45, 7) is 9.05. The van der Waals surface area contributed by atoms with Gasteiger partial charge in [-0.3, -0.25) is 4.79 Å². The number of ether oxygens (including phenoxy) is 1. The maximum Gasteiger partial charge on any atom is 0.235 e. The molecule has 0 radical (unpaired) electrons. The molecule has 1 unspecified atom stereocenters. The van der Waals surface area contributed by atoms with Gasteiger partial charge in [-0.15, -0.1) is 11.3 Å². The maximum absolute atomic E-state index is 13.2. The molecule has 31 heavy (non-hydrogen) atoms. The number of carbonyl (C=O) groups excluding carboxylic acids is 1. The summed E-state index contributed by atoms with van der Waals surface area (Å²) >= 11 is 3.26. The molecule has 164 valence electrons. The van der Waals surface area contributed by atoms with Gasteiger partial charge < -0.3 is 14.5 Å². The number of carbonyl (C=O) groups is 1. The second-order valence-corrected chi connectivity index (χ2v) is 10.1. The van der Waals surface area contributed by atoms with Gasteiger partial charge in [-0.25, -0.2) is 9.97 Å². The molecule has 3 aromatic rings. The van der Waals surface area contributed by atoms with Crippen molar-refractivity contribution in [2.75, 3.05) is 38.2 Å². The normalized spacial score (nSPS) is 15.4. The van der Waals surface area contributed by atoms with E-state index in [0.29, 0.717) is 13.1 Å². The predicted molar refractivity (Wildman–Crippen MR) is 129 cm³/mol. The number of thiophene rings is 1. The Balaban J connectivity index is 1.43. The third-order valence-electron chi connectivity index (χ3n) is 5.52. The zero-order chi connectivity index (χ0) is 22.0. The molecular formula is C23H28N4O2S2. The highest BCUT2D eigenvalue weighted by Crippen LogP contribution is 2.34. The van der Waals surface area contributed by atoms with Gasteiger partial charge in [0, 0.05) is 36.4 Å². The topological polar surface area (TPSA) is 58.6 Å². The number of para-hydroxylation sites is 2. The van der Waals surface area contributed by atoms with Crippen molar-refractivity contribution in [1.29, 1.82) is 0 Å². The Bertz CT molecular complexity index is 1080. The lowest BCUT2D eigenvalue weighted by Gasteiger charge is -2.37. The SMILES string of the molecule is CCc1cc2c(SC(C)C(=O)N3CCN(c4ccccc4OC)CC3)nc(C)nc2s1. The molecule has 0 saturated carbocycles. The summed E-state index contributed by atoms with van der Waals surface area (Å²) in [6, 6.07) is 10.2. The van der Waals surface area contributed by atoms with Gasteiger partial charge in [0.2, 0.25) is 5.91 Å². The molecule has 1 atom stereocenters. The highest BCUT2D eigenvalue weighted by atomic mass is 32.2. The summed E-state index contributed by atoms with van der Waals surface area (Å²) in [7, 11) is 1.69. The van der Waals surface area contributed by atoms with Crippen LogP contribution in [0.2, 0.25) is 0 Å². The number of anilines is 1. The summed E-state index contributed by atoms with van der Waals surface area (Å²) in [5.41, 5.74) is 1.09. The molecule has 0 spiro atoms. The van der Waals surface area contributed by atoms with Gasteiger partial charge in [-0.05, 0) is 38.5 Å². The van der Waals surface area contributed by atoms with Gasteiger partial charge in [0.15, 0.2) is 0 Å². The molecule has 6 nitrogen and oxygen atoms in total. The average molecular weight is 457 g/mol. The smallest absolute Gasteiger partial charge is 0.235 e. The van der Waals surface area contributed by atoms with Crippen LogP contribution in [0.5, 0.6) is 5.75 Å². The number of aromatic nitrogens is 2. The van der Waals surface area contributed by atoms with Gasteiger partial charge in [-0.1, -0.05) is 30.8 Å².